The highest BCUT2D eigenvalue weighted by molar-refractivity contribution is 6.24. The van der Waals surface area contributed by atoms with Crippen molar-refractivity contribution in [1.29, 1.82) is 0 Å². The second-order valence-electron chi connectivity index (χ2n) is 13.0. The second-order valence-corrected chi connectivity index (χ2v) is 13.0. The van der Waals surface area contributed by atoms with Crippen LogP contribution >= 0.6 is 0 Å². The summed E-state index contributed by atoms with van der Waals surface area (Å²) in [4.78, 5) is 28.2. The predicted octanol–water partition coefficient (Wildman–Crippen LogP) is 6.88. The summed E-state index contributed by atoms with van der Waals surface area (Å²) in [5, 5.41) is 16.8. The van der Waals surface area contributed by atoms with E-state index in [1.54, 1.807) is 30.1 Å². The van der Waals surface area contributed by atoms with Crippen LogP contribution in [0.3, 0.4) is 0 Å². The molecule has 6 rings (SSSR count). The summed E-state index contributed by atoms with van der Waals surface area (Å²) in [6.45, 7) is 2.85. The van der Waals surface area contributed by atoms with Crippen molar-refractivity contribution in [3.63, 3.8) is 0 Å². The minimum Gasteiger partial charge on any atom is -0.509 e. The number of hydrazine groups is 1. The Morgan fingerprint density at radius 1 is 1.06 bits per heavy atom. The summed E-state index contributed by atoms with van der Waals surface area (Å²) in [6, 6.07) is 11.0. The Balaban J connectivity index is 1.33. The first-order chi connectivity index (χ1) is 24.3. The van der Waals surface area contributed by atoms with Crippen LogP contribution in [-0.2, 0) is 26.8 Å². The van der Waals surface area contributed by atoms with Gasteiger partial charge in [0.2, 0.25) is 5.82 Å². The summed E-state index contributed by atoms with van der Waals surface area (Å²) in [6.07, 6.45) is 2.27. The number of fused-ring (bicyclic) bond motifs is 1. The fraction of sp³-hybridized carbons (Fsp3) is 0.405. The summed E-state index contributed by atoms with van der Waals surface area (Å²) in [7, 11) is 2.79. The molecule has 0 saturated carbocycles. The molecule has 14 heteroatoms. The predicted molar refractivity (Wildman–Crippen MR) is 179 cm³/mol. The van der Waals surface area contributed by atoms with Gasteiger partial charge in [0.15, 0.2) is 23.1 Å². The molecule has 2 fully saturated rings. The minimum atomic E-state index is -3.24. The molecule has 3 aromatic rings. The third-order valence-electron chi connectivity index (χ3n) is 9.68. The number of nitrogens with one attached hydrogen (secondary N) is 1. The van der Waals surface area contributed by atoms with Crippen LogP contribution < -0.4 is 19.5 Å². The number of carbonyl (C=O) groups is 2. The second kappa shape index (κ2) is 14.1. The topological polar surface area (TPSA) is 110 Å². The quantitative estimate of drug-likeness (QED) is 0.164. The number of hydrogen-bond donors (Lipinski definition) is 2. The van der Waals surface area contributed by atoms with Crippen molar-refractivity contribution < 1.29 is 51.2 Å². The van der Waals surface area contributed by atoms with E-state index >= 15 is 8.78 Å². The van der Waals surface area contributed by atoms with Gasteiger partial charge in [0.05, 0.1) is 32.4 Å². The molecule has 0 bridgehead atoms. The fourth-order valence-electron chi connectivity index (χ4n) is 6.91. The summed E-state index contributed by atoms with van der Waals surface area (Å²) < 4.78 is 81.6. The third kappa shape index (κ3) is 6.69. The van der Waals surface area contributed by atoms with E-state index in [9.17, 15) is 23.5 Å². The van der Waals surface area contributed by atoms with Crippen molar-refractivity contribution in [1.82, 2.24) is 10.0 Å². The van der Waals surface area contributed by atoms with E-state index in [-0.39, 0.29) is 46.6 Å². The number of alkyl halides is 2. The summed E-state index contributed by atoms with van der Waals surface area (Å²) in [5.41, 5.74) is -1.91. The van der Waals surface area contributed by atoms with Crippen LogP contribution in [0.25, 0.3) is 11.1 Å². The van der Waals surface area contributed by atoms with E-state index in [0.29, 0.717) is 37.3 Å². The number of methoxy groups -OCH3 is 2. The van der Waals surface area contributed by atoms with E-state index in [4.69, 9.17) is 18.9 Å². The molecular formula is C37H39F4N3O7. The van der Waals surface area contributed by atoms with Gasteiger partial charge in [0, 0.05) is 48.0 Å². The third-order valence-corrected chi connectivity index (χ3v) is 9.68. The first-order valence-electron chi connectivity index (χ1n) is 16.6. The zero-order valence-electron chi connectivity index (χ0n) is 28.7. The number of carbonyl (C=O) groups excluding carboxylic acids is 2. The Kier molecular flexibility index (Phi) is 9.93. The van der Waals surface area contributed by atoms with Gasteiger partial charge < -0.3 is 29.4 Å². The molecule has 51 heavy (non-hydrogen) atoms. The van der Waals surface area contributed by atoms with Crippen molar-refractivity contribution in [3.05, 3.63) is 82.6 Å². The molecule has 2 amide bonds. The van der Waals surface area contributed by atoms with Gasteiger partial charge in [-0.25, -0.2) is 18.2 Å². The Hall–Kier alpha value is -4.82. The molecule has 3 heterocycles. The molecule has 0 radical (unpaired) electrons. The Morgan fingerprint density at radius 3 is 2.53 bits per heavy atom. The molecule has 3 aromatic carbocycles. The smallest absolute Gasteiger partial charge is 0.277 e. The van der Waals surface area contributed by atoms with E-state index in [1.165, 1.54) is 38.5 Å². The number of aliphatic hydroxyl groups excluding tert-OH is 1. The van der Waals surface area contributed by atoms with Crippen LogP contribution in [0.2, 0.25) is 0 Å². The van der Waals surface area contributed by atoms with Crippen LogP contribution in [0.1, 0.15) is 50.7 Å². The van der Waals surface area contributed by atoms with Gasteiger partial charge in [-0.05, 0) is 56.9 Å². The van der Waals surface area contributed by atoms with Crippen LogP contribution in [0.5, 0.6) is 17.2 Å². The first kappa shape index (κ1) is 36.0. The Labute approximate surface area is 292 Å². The maximum absolute atomic E-state index is 15.5. The van der Waals surface area contributed by atoms with Gasteiger partial charge >= 0.3 is 0 Å². The maximum atomic E-state index is 15.5. The van der Waals surface area contributed by atoms with Gasteiger partial charge in [0.1, 0.15) is 17.9 Å². The molecule has 10 nitrogen and oxygen atoms in total. The van der Waals surface area contributed by atoms with Crippen LogP contribution in [0.15, 0.2) is 59.9 Å². The van der Waals surface area contributed by atoms with Crippen molar-refractivity contribution in [3.8, 4) is 28.4 Å². The molecule has 3 aliphatic heterocycles. The molecule has 0 spiro atoms. The molecule has 3 aliphatic rings. The number of para-hydroxylation sites is 1. The average Bonchev–Trinajstić information content (AvgIpc) is 3.78. The molecule has 2 saturated heterocycles. The summed E-state index contributed by atoms with van der Waals surface area (Å²) in [5.74, 6) is -7.95. The van der Waals surface area contributed by atoms with Gasteiger partial charge in [-0.15, -0.1) is 0 Å². The van der Waals surface area contributed by atoms with Crippen LogP contribution in [-0.4, -0.2) is 72.6 Å². The fourth-order valence-corrected chi connectivity index (χ4v) is 6.91. The lowest BCUT2D eigenvalue weighted by atomic mass is 9.90. The van der Waals surface area contributed by atoms with Crippen molar-refractivity contribution in [2.75, 3.05) is 39.3 Å². The van der Waals surface area contributed by atoms with Crippen molar-refractivity contribution in [2.24, 2.45) is 0 Å². The van der Waals surface area contributed by atoms with Crippen molar-refractivity contribution >= 4 is 17.5 Å². The summed E-state index contributed by atoms with van der Waals surface area (Å²) >= 11 is 0. The van der Waals surface area contributed by atoms with E-state index < -0.39 is 52.8 Å². The van der Waals surface area contributed by atoms with E-state index in [1.807, 2.05) is 0 Å². The number of nitrogens with zero attached hydrogens (tertiary/aromatic N) is 2. The van der Waals surface area contributed by atoms with Crippen molar-refractivity contribution in [2.45, 2.75) is 63.6 Å². The Bertz CT molecular complexity index is 1880. The molecule has 1 unspecified atom stereocenters. The molecule has 2 atom stereocenters. The zero-order chi connectivity index (χ0) is 36.7. The minimum absolute atomic E-state index is 0.0323. The highest BCUT2D eigenvalue weighted by atomic mass is 19.3. The number of ether oxygens (including phenoxy) is 4. The normalized spacial score (nSPS) is 20.8. The highest BCUT2D eigenvalue weighted by Gasteiger charge is 2.53. The lowest BCUT2D eigenvalue weighted by Crippen LogP contribution is -2.60. The zero-order valence-corrected chi connectivity index (χ0v) is 28.7. The molecular weight excluding hydrogens is 674 g/mol. The standard InChI is InChI=1S/C37H39F4N3O7/c1-36-15-7-16-44(36)43(19-21-11-14-27(31(39)30(21)38)51-20-23-8-6-17-50-23)35(47)29(33(36)45)34(46)42-26-13-12-22(37(2,40)41)18-25(26)24-9-5-10-28(48-3)32(24)49-4/h5,9-14,18,23,45H,6-8,15-17,19-20H2,1-4H3,(H,42,46)/t23-,36?/m1/s1. The highest BCUT2D eigenvalue weighted by Crippen LogP contribution is 2.45. The number of amides is 2. The molecule has 0 aromatic heterocycles. The lowest BCUT2D eigenvalue weighted by molar-refractivity contribution is -0.160. The molecule has 2 N–H and O–H groups in total. The monoisotopic (exact) mass is 713 g/mol. The van der Waals surface area contributed by atoms with Gasteiger partial charge in [-0.1, -0.05) is 24.3 Å². The number of aliphatic hydroxyl groups is 1. The van der Waals surface area contributed by atoms with Crippen LogP contribution in [0, 0.1) is 11.6 Å². The largest absolute Gasteiger partial charge is 0.509 e. The number of hydrogen-bond acceptors (Lipinski definition) is 8. The van der Waals surface area contributed by atoms with Gasteiger partial charge in [-0.3, -0.25) is 14.6 Å². The maximum Gasteiger partial charge on any atom is 0.277 e. The SMILES string of the molecule is COc1cccc(-c2cc(C(C)(F)F)ccc2NC(=O)C2=C(O)C3(C)CCCN3N(Cc3ccc(OC[C@H]4CCCO4)c(F)c3F)C2=O)c1OC. The number of halogens is 4. The molecule has 272 valence electrons. The van der Waals surface area contributed by atoms with Crippen LogP contribution in [0.4, 0.5) is 23.2 Å². The van der Waals surface area contributed by atoms with E-state index in [0.717, 1.165) is 30.8 Å². The first-order valence-corrected chi connectivity index (χ1v) is 16.6. The van der Waals surface area contributed by atoms with E-state index in [2.05, 4.69) is 5.32 Å². The lowest BCUT2D eigenvalue weighted by Gasteiger charge is -2.46. The molecule has 0 aliphatic carbocycles. The van der Waals surface area contributed by atoms with Gasteiger partial charge in [0.25, 0.3) is 17.7 Å². The number of benzene rings is 3. The van der Waals surface area contributed by atoms with Gasteiger partial charge in [-0.2, -0.15) is 4.39 Å². The average molecular weight is 714 g/mol. The Morgan fingerprint density at radius 2 is 1.84 bits per heavy atom. The number of rotatable bonds is 11. The number of anilines is 1.